The number of hydrogen-bond acceptors (Lipinski definition) is 6. The first-order chi connectivity index (χ1) is 15.5. The fourth-order valence-electron chi connectivity index (χ4n) is 3.74. The van der Waals surface area contributed by atoms with Gasteiger partial charge in [0, 0.05) is 30.0 Å². The number of hydrogen-bond donors (Lipinski definition) is 3. The molecule has 0 radical (unpaired) electrons. The number of nitrogens with zero attached hydrogens (tertiary/aromatic N) is 3. The Morgan fingerprint density at radius 2 is 2.00 bits per heavy atom. The van der Waals surface area contributed by atoms with Gasteiger partial charge in [-0.05, 0) is 43.7 Å². The Morgan fingerprint density at radius 3 is 2.72 bits per heavy atom. The zero-order valence-electron chi connectivity index (χ0n) is 17.8. The molecule has 0 saturated heterocycles. The summed E-state index contributed by atoms with van der Waals surface area (Å²) in [6.45, 7) is 1.84. The van der Waals surface area contributed by atoms with Crippen molar-refractivity contribution in [1.29, 1.82) is 0 Å². The first-order valence-corrected chi connectivity index (χ1v) is 10.3. The maximum absolute atomic E-state index is 13.4. The van der Waals surface area contributed by atoms with Crippen molar-refractivity contribution in [1.82, 2.24) is 14.8 Å². The van der Waals surface area contributed by atoms with Crippen molar-refractivity contribution in [3.05, 3.63) is 77.0 Å². The van der Waals surface area contributed by atoms with E-state index in [1.807, 2.05) is 24.3 Å². The number of aromatic nitrogens is 3. The number of fused-ring (bicyclic) bond motifs is 1. The Bertz CT molecular complexity index is 1160. The number of halogens is 1. The van der Waals surface area contributed by atoms with Crippen LogP contribution < -0.4 is 15.4 Å². The second-order valence-corrected chi connectivity index (χ2v) is 7.39. The van der Waals surface area contributed by atoms with Crippen LogP contribution in [-0.4, -0.2) is 39.5 Å². The monoisotopic (exact) mass is 437 g/mol. The number of aliphatic hydroxyl groups is 1. The van der Waals surface area contributed by atoms with Crippen molar-refractivity contribution >= 4 is 17.5 Å². The molecule has 166 valence electrons. The minimum Gasteiger partial charge on any atom is -0.496 e. The van der Waals surface area contributed by atoms with Gasteiger partial charge in [-0.25, -0.2) is 9.07 Å². The number of methoxy groups -OCH3 is 1. The topological polar surface area (TPSA) is 101 Å². The molecular formula is C23H24FN5O3. The van der Waals surface area contributed by atoms with E-state index in [2.05, 4.69) is 20.7 Å². The number of anilines is 2. The van der Waals surface area contributed by atoms with Crippen LogP contribution in [0.2, 0.25) is 0 Å². The van der Waals surface area contributed by atoms with Gasteiger partial charge in [0.1, 0.15) is 17.6 Å². The van der Waals surface area contributed by atoms with Crippen molar-refractivity contribution < 1.29 is 19.0 Å². The fraction of sp³-hybridized carbons (Fsp3) is 0.261. The van der Waals surface area contributed by atoms with Gasteiger partial charge >= 0.3 is 0 Å². The number of carbonyl (C=O) groups excluding carboxylic acids is 1. The summed E-state index contributed by atoms with van der Waals surface area (Å²) in [6.07, 6.45) is 1.04. The Hall–Kier alpha value is -3.72. The molecule has 2 aromatic carbocycles. The van der Waals surface area contributed by atoms with Gasteiger partial charge in [-0.2, -0.15) is 10.1 Å². The molecule has 0 fully saturated rings. The third-order valence-electron chi connectivity index (χ3n) is 5.24. The highest BCUT2D eigenvalue weighted by atomic mass is 19.1. The van der Waals surface area contributed by atoms with E-state index in [0.29, 0.717) is 47.3 Å². The van der Waals surface area contributed by atoms with Gasteiger partial charge in [0.25, 0.3) is 5.91 Å². The summed E-state index contributed by atoms with van der Waals surface area (Å²) in [5.41, 5.74) is 2.28. The molecule has 4 rings (SSSR count). The maximum Gasteiger partial charge on any atom is 0.255 e. The number of amides is 1. The zero-order valence-corrected chi connectivity index (χ0v) is 17.8. The van der Waals surface area contributed by atoms with Crippen molar-refractivity contribution in [2.45, 2.75) is 25.8 Å². The van der Waals surface area contributed by atoms with Crippen LogP contribution in [-0.2, 0) is 11.2 Å². The third kappa shape index (κ3) is 4.19. The number of allylic oxidation sites excluding steroid dienone is 1. The lowest BCUT2D eigenvalue weighted by atomic mass is 9.94. The standard InChI is InChI=1S/C23H24FN5O3/c1-14-20(22(31)26-16-11-9-15(24)10-12-16)21(17-6-3-4-7-18(17)32-2)29-23(25-14)27-19(28-29)8-5-13-30/h3-4,6-7,9-12,21,30H,5,8,13H2,1-2H3,(H,26,31)(H,25,27,28)/t21-/m1/s1. The fourth-order valence-corrected chi connectivity index (χ4v) is 3.74. The molecular weight excluding hydrogens is 413 g/mol. The first-order valence-electron chi connectivity index (χ1n) is 10.3. The second kappa shape index (κ2) is 9.19. The Labute approximate surface area is 184 Å². The molecule has 3 N–H and O–H groups in total. The van der Waals surface area contributed by atoms with Crippen LogP contribution in [0.1, 0.15) is 30.8 Å². The summed E-state index contributed by atoms with van der Waals surface area (Å²) in [5.74, 6) is 0.944. The number of nitrogens with one attached hydrogen (secondary N) is 2. The molecule has 3 aromatic rings. The van der Waals surface area contributed by atoms with Crippen LogP contribution in [0, 0.1) is 5.82 Å². The third-order valence-corrected chi connectivity index (χ3v) is 5.24. The number of aliphatic hydroxyl groups excluding tert-OH is 1. The second-order valence-electron chi connectivity index (χ2n) is 7.39. The van der Waals surface area contributed by atoms with Crippen LogP contribution in [0.5, 0.6) is 5.75 Å². The number of rotatable bonds is 7. The van der Waals surface area contributed by atoms with Crippen LogP contribution in [0.4, 0.5) is 16.0 Å². The predicted molar refractivity (Wildman–Crippen MR) is 118 cm³/mol. The molecule has 8 nitrogen and oxygen atoms in total. The average Bonchev–Trinajstić information content (AvgIpc) is 3.20. The number of para-hydroxylation sites is 1. The van der Waals surface area contributed by atoms with E-state index in [1.165, 1.54) is 24.3 Å². The molecule has 0 unspecified atom stereocenters. The molecule has 0 aliphatic carbocycles. The molecule has 9 heteroatoms. The lowest BCUT2D eigenvalue weighted by Gasteiger charge is -2.29. The van der Waals surface area contributed by atoms with Crippen LogP contribution in [0.15, 0.2) is 59.8 Å². The smallest absolute Gasteiger partial charge is 0.255 e. The highest BCUT2D eigenvalue weighted by molar-refractivity contribution is 6.06. The Balaban J connectivity index is 1.78. The Kier molecular flexibility index (Phi) is 6.18. The molecule has 0 saturated carbocycles. The summed E-state index contributed by atoms with van der Waals surface area (Å²) in [4.78, 5) is 17.9. The minimum atomic E-state index is -0.599. The summed E-state index contributed by atoms with van der Waals surface area (Å²) >= 11 is 0. The molecule has 1 amide bonds. The van der Waals surface area contributed by atoms with Crippen LogP contribution >= 0.6 is 0 Å². The number of benzene rings is 2. The van der Waals surface area contributed by atoms with Gasteiger partial charge in [0.05, 0.1) is 12.7 Å². The van der Waals surface area contributed by atoms with Crippen molar-refractivity contribution in [2.75, 3.05) is 24.4 Å². The molecule has 2 heterocycles. The van der Waals surface area contributed by atoms with E-state index >= 15 is 0 Å². The Morgan fingerprint density at radius 1 is 1.25 bits per heavy atom. The average molecular weight is 437 g/mol. The molecule has 0 bridgehead atoms. The summed E-state index contributed by atoms with van der Waals surface area (Å²) in [7, 11) is 1.57. The SMILES string of the molecule is COc1ccccc1[C@@H]1C(C(=O)Nc2ccc(F)cc2)=C(C)Nc2nc(CCCO)nn21. The quantitative estimate of drug-likeness (QED) is 0.524. The van der Waals surface area contributed by atoms with Crippen molar-refractivity contribution in [2.24, 2.45) is 0 Å². The maximum atomic E-state index is 13.4. The van der Waals surface area contributed by atoms with E-state index < -0.39 is 6.04 Å². The van der Waals surface area contributed by atoms with Crippen molar-refractivity contribution in [3.63, 3.8) is 0 Å². The van der Waals surface area contributed by atoms with Crippen molar-refractivity contribution in [3.8, 4) is 5.75 Å². The first kappa shape index (κ1) is 21.5. The van der Waals surface area contributed by atoms with Gasteiger partial charge in [-0.15, -0.1) is 0 Å². The number of aryl methyl sites for hydroxylation is 1. The molecule has 1 aliphatic heterocycles. The normalized spacial score (nSPS) is 15.2. The van der Waals surface area contributed by atoms with E-state index in [-0.39, 0.29) is 18.3 Å². The summed E-state index contributed by atoms with van der Waals surface area (Å²) in [6, 6.07) is 12.4. The molecule has 0 spiro atoms. The van der Waals surface area contributed by atoms with Gasteiger partial charge in [-0.3, -0.25) is 4.79 Å². The van der Waals surface area contributed by atoms with E-state index in [0.717, 1.165) is 5.56 Å². The number of carbonyl (C=O) groups is 1. The predicted octanol–water partition coefficient (Wildman–Crippen LogP) is 3.28. The summed E-state index contributed by atoms with van der Waals surface area (Å²) in [5, 5.41) is 19.8. The molecule has 1 aliphatic rings. The van der Waals surface area contributed by atoms with Gasteiger partial charge in [0.15, 0.2) is 5.82 Å². The zero-order chi connectivity index (χ0) is 22.7. The van der Waals surface area contributed by atoms with E-state index in [1.54, 1.807) is 18.7 Å². The molecule has 32 heavy (non-hydrogen) atoms. The highest BCUT2D eigenvalue weighted by Gasteiger charge is 2.35. The lowest BCUT2D eigenvalue weighted by molar-refractivity contribution is -0.113. The molecule has 1 aromatic heterocycles. The number of ether oxygens (including phenoxy) is 1. The highest BCUT2D eigenvalue weighted by Crippen LogP contribution is 2.39. The van der Waals surface area contributed by atoms with E-state index in [9.17, 15) is 9.18 Å². The van der Waals surface area contributed by atoms with Crippen LogP contribution in [0.25, 0.3) is 0 Å². The van der Waals surface area contributed by atoms with Gasteiger partial charge < -0.3 is 20.5 Å². The van der Waals surface area contributed by atoms with Crippen LogP contribution in [0.3, 0.4) is 0 Å². The summed E-state index contributed by atoms with van der Waals surface area (Å²) < 4.78 is 20.5. The minimum absolute atomic E-state index is 0.0375. The molecule has 1 atom stereocenters. The largest absolute Gasteiger partial charge is 0.496 e. The van der Waals surface area contributed by atoms with Gasteiger partial charge in [0.2, 0.25) is 5.95 Å². The lowest BCUT2D eigenvalue weighted by Crippen LogP contribution is -2.31. The van der Waals surface area contributed by atoms with E-state index in [4.69, 9.17) is 9.84 Å². The van der Waals surface area contributed by atoms with Gasteiger partial charge in [-0.1, -0.05) is 18.2 Å².